The van der Waals surface area contributed by atoms with Gasteiger partial charge in [-0.05, 0) is 47.9 Å². The minimum atomic E-state index is 0.129. The zero-order valence-electron chi connectivity index (χ0n) is 9.79. The van der Waals surface area contributed by atoms with Gasteiger partial charge in [0, 0.05) is 6.54 Å². The Bertz CT molecular complexity index is 365. The summed E-state index contributed by atoms with van der Waals surface area (Å²) in [5.74, 6) is 1.97. The summed E-state index contributed by atoms with van der Waals surface area (Å²) in [7, 11) is 0. The van der Waals surface area contributed by atoms with Crippen LogP contribution in [0.4, 0.5) is 5.95 Å². The minimum Gasteiger partial charge on any atom is -0.354 e. The maximum Gasteiger partial charge on any atom is 0.228 e. The molecule has 1 heterocycles. The average molecular weight is 275 g/mol. The predicted octanol–water partition coefficient (Wildman–Crippen LogP) is 3.42. The molecular formula is C11H16Cl2N4. The fourth-order valence-electron chi connectivity index (χ4n) is 2.39. The first-order chi connectivity index (χ1) is 8.13. The van der Waals surface area contributed by atoms with Crippen LogP contribution in [0, 0.1) is 11.8 Å². The van der Waals surface area contributed by atoms with Gasteiger partial charge in [0.25, 0.3) is 0 Å². The highest BCUT2D eigenvalue weighted by molar-refractivity contribution is 6.31. The van der Waals surface area contributed by atoms with E-state index in [0.29, 0.717) is 11.9 Å². The Labute approximate surface area is 111 Å². The molecule has 94 valence electrons. The lowest BCUT2D eigenvalue weighted by Gasteiger charge is -2.26. The third kappa shape index (κ3) is 3.96. The van der Waals surface area contributed by atoms with Gasteiger partial charge >= 0.3 is 0 Å². The van der Waals surface area contributed by atoms with Gasteiger partial charge in [-0.3, -0.25) is 0 Å². The van der Waals surface area contributed by atoms with Crippen LogP contribution in [0.3, 0.4) is 0 Å². The van der Waals surface area contributed by atoms with Gasteiger partial charge in [-0.25, -0.2) is 0 Å². The zero-order valence-corrected chi connectivity index (χ0v) is 11.3. The van der Waals surface area contributed by atoms with Crippen molar-refractivity contribution in [2.24, 2.45) is 11.8 Å². The number of hydrogen-bond acceptors (Lipinski definition) is 4. The predicted molar refractivity (Wildman–Crippen MR) is 69.5 cm³/mol. The number of nitrogens with one attached hydrogen (secondary N) is 1. The summed E-state index contributed by atoms with van der Waals surface area (Å²) < 4.78 is 0. The van der Waals surface area contributed by atoms with E-state index >= 15 is 0 Å². The second-order valence-corrected chi connectivity index (χ2v) is 5.39. The first-order valence-corrected chi connectivity index (χ1v) is 6.70. The molecule has 4 nitrogen and oxygen atoms in total. The van der Waals surface area contributed by atoms with E-state index in [-0.39, 0.29) is 10.6 Å². The van der Waals surface area contributed by atoms with E-state index in [1.807, 2.05) is 0 Å². The molecule has 2 atom stereocenters. The molecular weight excluding hydrogens is 259 g/mol. The summed E-state index contributed by atoms with van der Waals surface area (Å²) in [6.45, 7) is 3.18. The summed E-state index contributed by atoms with van der Waals surface area (Å²) in [4.78, 5) is 11.7. The first kappa shape index (κ1) is 12.8. The van der Waals surface area contributed by atoms with Gasteiger partial charge < -0.3 is 5.32 Å². The Morgan fingerprint density at radius 3 is 2.53 bits per heavy atom. The van der Waals surface area contributed by atoms with Gasteiger partial charge in [0.15, 0.2) is 0 Å². The van der Waals surface area contributed by atoms with Crippen molar-refractivity contribution in [1.82, 2.24) is 15.0 Å². The monoisotopic (exact) mass is 274 g/mol. The van der Waals surface area contributed by atoms with Gasteiger partial charge in [-0.2, -0.15) is 15.0 Å². The molecule has 1 saturated carbocycles. The summed E-state index contributed by atoms with van der Waals surface area (Å²) in [5.41, 5.74) is 0. The van der Waals surface area contributed by atoms with Crippen molar-refractivity contribution in [3.63, 3.8) is 0 Å². The van der Waals surface area contributed by atoms with Crippen molar-refractivity contribution in [1.29, 1.82) is 0 Å². The molecule has 2 rings (SSSR count). The molecule has 0 radical (unpaired) electrons. The molecule has 17 heavy (non-hydrogen) atoms. The highest BCUT2D eigenvalue weighted by Gasteiger charge is 2.18. The third-order valence-electron chi connectivity index (χ3n) is 3.17. The van der Waals surface area contributed by atoms with Gasteiger partial charge in [0.1, 0.15) is 0 Å². The Morgan fingerprint density at radius 1 is 1.18 bits per heavy atom. The van der Waals surface area contributed by atoms with Crippen molar-refractivity contribution < 1.29 is 0 Å². The lowest BCUT2D eigenvalue weighted by molar-refractivity contribution is 0.293. The Hall–Kier alpha value is -0.610. The standard InChI is InChI=1S/C11H16Cl2N4/c1-7-3-2-4-8(5-7)6-14-11-16-9(12)15-10(13)17-11/h7-8H,2-6H2,1H3,(H,14,15,16,17). The van der Waals surface area contributed by atoms with Crippen LogP contribution in [0.15, 0.2) is 0 Å². The van der Waals surface area contributed by atoms with E-state index in [4.69, 9.17) is 23.2 Å². The number of nitrogens with zero attached hydrogens (tertiary/aromatic N) is 3. The molecule has 1 fully saturated rings. The molecule has 1 aromatic rings. The number of hydrogen-bond donors (Lipinski definition) is 1. The topological polar surface area (TPSA) is 50.7 Å². The number of rotatable bonds is 3. The number of anilines is 1. The van der Waals surface area contributed by atoms with Gasteiger partial charge in [-0.1, -0.05) is 19.8 Å². The summed E-state index contributed by atoms with van der Waals surface area (Å²) in [5, 5.41) is 3.44. The SMILES string of the molecule is CC1CCCC(CNc2nc(Cl)nc(Cl)n2)C1. The average Bonchev–Trinajstić information content (AvgIpc) is 2.25. The Morgan fingerprint density at radius 2 is 1.88 bits per heavy atom. The normalized spacial score (nSPS) is 24.6. The Kier molecular flexibility index (Phi) is 4.40. The van der Waals surface area contributed by atoms with Crippen LogP contribution in [0.1, 0.15) is 32.6 Å². The van der Waals surface area contributed by atoms with E-state index in [9.17, 15) is 0 Å². The van der Waals surface area contributed by atoms with Crippen LogP contribution < -0.4 is 5.32 Å². The summed E-state index contributed by atoms with van der Waals surface area (Å²) >= 11 is 11.4. The van der Waals surface area contributed by atoms with Crippen molar-refractivity contribution in [3.8, 4) is 0 Å². The van der Waals surface area contributed by atoms with E-state index in [2.05, 4.69) is 27.2 Å². The highest BCUT2D eigenvalue weighted by atomic mass is 35.5. The molecule has 0 amide bonds. The van der Waals surface area contributed by atoms with Crippen LogP contribution in [-0.4, -0.2) is 21.5 Å². The fourth-order valence-corrected chi connectivity index (χ4v) is 2.75. The quantitative estimate of drug-likeness (QED) is 0.918. The molecule has 1 aliphatic rings. The van der Waals surface area contributed by atoms with Crippen LogP contribution in [0.25, 0.3) is 0 Å². The van der Waals surface area contributed by atoms with Gasteiger partial charge in [0.2, 0.25) is 16.5 Å². The van der Waals surface area contributed by atoms with Crippen molar-refractivity contribution >= 4 is 29.2 Å². The molecule has 0 aromatic carbocycles. The molecule has 0 bridgehead atoms. The lowest BCUT2D eigenvalue weighted by atomic mass is 9.82. The van der Waals surface area contributed by atoms with Crippen molar-refractivity contribution in [3.05, 3.63) is 10.6 Å². The van der Waals surface area contributed by atoms with Crippen LogP contribution in [0.5, 0.6) is 0 Å². The van der Waals surface area contributed by atoms with E-state index in [1.54, 1.807) is 0 Å². The maximum absolute atomic E-state index is 5.71. The molecule has 1 aliphatic carbocycles. The van der Waals surface area contributed by atoms with Crippen LogP contribution in [0.2, 0.25) is 10.6 Å². The second kappa shape index (κ2) is 5.83. The molecule has 1 N–H and O–H groups in total. The molecule has 0 spiro atoms. The molecule has 0 aliphatic heterocycles. The smallest absolute Gasteiger partial charge is 0.228 e. The van der Waals surface area contributed by atoms with E-state index < -0.39 is 0 Å². The van der Waals surface area contributed by atoms with Crippen molar-refractivity contribution in [2.45, 2.75) is 32.6 Å². The van der Waals surface area contributed by atoms with E-state index in [0.717, 1.165) is 12.5 Å². The largest absolute Gasteiger partial charge is 0.354 e. The summed E-state index contributed by atoms with van der Waals surface area (Å²) in [6, 6.07) is 0. The number of aromatic nitrogens is 3. The van der Waals surface area contributed by atoms with Gasteiger partial charge in [0.05, 0.1) is 0 Å². The minimum absolute atomic E-state index is 0.129. The molecule has 2 unspecified atom stereocenters. The summed E-state index contributed by atoms with van der Waals surface area (Å²) in [6.07, 6.45) is 5.19. The Balaban J connectivity index is 1.88. The van der Waals surface area contributed by atoms with Crippen LogP contribution in [-0.2, 0) is 0 Å². The maximum atomic E-state index is 5.71. The lowest BCUT2D eigenvalue weighted by Crippen LogP contribution is -2.21. The highest BCUT2D eigenvalue weighted by Crippen LogP contribution is 2.28. The molecule has 6 heteroatoms. The number of halogens is 2. The van der Waals surface area contributed by atoms with Crippen LogP contribution >= 0.6 is 23.2 Å². The van der Waals surface area contributed by atoms with Crippen molar-refractivity contribution in [2.75, 3.05) is 11.9 Å². The first-order valence-electron chi connectivity index (χ1n) is 5.94. The zero-order chi connectivity index (χ0) is 12.3. The molecule has 1 aromatic heterocycles. The van der Waals surface area contributed by atoms with E-state index in [1.165, 1.54) is 25.7 Å². The third-order valence-corrected chi connectivity index (χ3v) is 3.51. The molecule has 0 saturated heterocycles. The fraction of sp³-hybridized carbons (Fsp3) is 0.727. The second-order valence-electron chi connectivity index (χ2n) is 4.72. The van der Waals surface area contributed by atoms with Gasteiger partial charge in [-0.15, -0.1) is 0 Å².